The summed E-state index contributed by atoms with van der Waals surface area (Å²) in [5.74, 6) is -0.000447. The average Bonchev–Trinajstić information content (AvgIpc) is 2.41. The number of hydrogen-bond donors (Lipinski definition) is 1. The quantitative estimate of drug-likeness (QED) is 0.679. The van der Waals surface area contributed by atoms with Crippen LogP contribution < -0.4 is 4.18 Å². The molecule has 8 heteroatoms. The molecule has 2 aromatic rings. The van der Waals surface area contributed by atoms with Crippen LogP contribution in [0.1, 0.15) is 11.1 Å². The van der Waals surface area contributed by atoms with E-state index in [1.807, 2.05) is 0 Å². The molecule has 0 atom stereocenters. The fourth-order valence-corrected chi connectivity index (χ4v) is 2.15. The van der Waals surface area contributed by atoms with Gasteiger partial charge in [0.25, 0.3) is 0 Å². The summed E-state index contributed by atoms with van der Waals surface area (Å²) in [5, 5.41) is 17.6. The number of nitrogens with zero attached hydrogens (tertiary/aromatic N) is 2. The molecule has 0 heterocycles. The van der Waals surface area contributed by atoms with Crippen LogP contribution in [0.25, 0.3) is 0 Å². The van der Waals surface area contributed by atoms with E-state index in [2.05, 4.69) is 14.4 Å². The first-order chi connectivity index (χ1) is 10.2. The minimum Gasteiger partial charge on any atom is -0.507 e. The fourth-order valence-electron chi connectivity index (χ4n) is 1.82. The highest BCUT2D eigenvalue weighted by atomic mass is 32.3. The summed E-state index contributed by atoms with van der Waals surface area (Å²) in [7, 11) is -5.08. The highest BCUT2D eigenvalue weighted by Crippen LogP contribution is 2.29. The highest BCUT2D eigenvalue weighted by Gasteiger charge is 2.09. The van der Waals surface area contributed by atoms with Crippen molar-refractivity contribution in [2.75, 3.05) is 0 Å². The molecule has 0 aliphatic carbocycles. The van der Waals surface area contributed by atoms with E-state index in [-0.39, 0.29) is 11.5 Å². The molecule has 0 unspecified atom stereocenters. The van der Waals surface area contributed by atoms with Crippen molar-refractivity contribution in [3.8, 4) is 11.5 Å². The molecule has 2 aromatic carbocycles. The topological polar surface area (TPSA) is 88.3 Å². The van der Waals surface area contributed by atoms with Gasteiger partial charge in [-0.05, 0) is 49.2 Å². The number of rotatable bonds is 4. The van der Waals surface area contributed by atoms with Crippen molar-refractivity contribution in [2.24, 2.45) is 10.2 Å². The highest BCUT2D eigenvalue weighted by molar-refractivity contribution is 7.81. The van der Waals surface area contributed by atoms with Crippen molar-refractivity contribution in [2.45, 2.75) is 13.8 Å². The molecule has 22 heavy (non-hydrogen) atoms. The third kappa shape index (κ3) is 4.26. The number of phenolic OH excluding ortho intramolecular Hbond substituents is 1. The van der Waals surface area contributed by atoms with Crippen LogP contribution in [0.3, 0.4) is 0 Å². The van der Waals surface area contributed by atoms with Crippen molar-refractivity contribution in [1.29, 1.82) is 0 Å². The Kier molecular flexibility index (Phi) is 4.41. The van der Waals surface area contributed by atoms with Gasteiger partial charge in [-0.1, -0.05) is 9.95 Å². The van der Waals surface area contributed by atoms with Crippen molar-refractivity contribution >= 4 is 21.9 Å². The number of azo groups is 1. The molecule has 0 aliphatic rings. The van der Waals surface area contributed by atoms with Crippen molar-refractivity contribution < 1.29 is 21.6 Å². The Bertz CT molecular complexity index is 811. The number of halogens is 1. The lowest BCUT2D eigenvalue weighted by Crippen LogP contribution is -2.00. The van der Waals surface area contributed by atoms with Crippen LogP contribution in [0, 0.1) is 13.8 Å². The Balaban J connectivity index is 2.25. The van der Waals surface area contributed by atoms with Crippen molar-refractivity contribution in [3.05, 3.63) is 47.5 Å². The van der Waals surface area contributed by atoms with Crippen LogP contribution >= 0.6 is 0 Å². The minimum absolute atomic E-state index is 0.197. The van der Waals surface area contributed by atoms with Gasteiger partial charge in [-0.2, -0.15) is 18.6 Å². The number of aryl methyl sites for hydroxylation is 2. The van der Waals surface area contributed by atoms with Crippen LogP contribution in [0.5, 0.6) is 11.5 Å². The largest absolute Gasteiger partial charge is 0.507 e. The lowest BCUT2D eigenvalue weighted by atomic mass is 10.1. The Morgan fingerprint density at radius 2 is 1.64 bits per heavy atom. The smallest absolute Gasteiger partial charge is 0.488 e. The molecule has 0 fully saturated rings. The number of aromatic hydroxyl groups is 1. The van der Waals surface area contributed by atoms with Gasteiger partial charge in [0, 0.05) is 6.07 Å². The lowest BCUT2D eigenvalue weighted by Gasteiger charge is -2.04. The first-order valence-corrected chi connectivity index (χ1v) is 7.51. The first kappa shape index (κ1) is 15.9. The van der Waals surface area contributed by atoms with E-state index in [4.69, 9.17) is 0 Å². The Labute approximate surface area is 127 Å². The monoisotopic (exact) mass is 324 g/mol. The summed E-state index contributed by atoms with van der Waals surface area (Å²) >= 11 is 0. The zero-order valence-electron chi connectivity index (χ0n) is 11.8. The van der Waals surface area contributed by atoms with Crippen LogP contribution in [-0.2, 0) is 10.5 Å². The van der Waals surface area contributed by atoms with E-state index in [9.17, 15) is 17.4 Å². The summed E-state index contributed by atoms with van der Waals surface area (Å²) in [6.07, 6.45) is 0. The van der Waals surface area contributed by atoms with E-state index >= 15 is 0 Å². The third-order valence-electron chi connectivity index (χ3n) is 2.77. The maximum atomic E-state index is 12.5. The number of hydrogen-bond acceptors (Lipinski definition) is 6. The molecule has 0 bridgehead atoms. The summed E-state index contributed by atoms with van der Waals surface area (Å²) < 4.78 is 37.4. The second kappa shape index (κ2) is 6.10. The molecule has 0 radical (unpaired) electrons. The van der Waals surface area contributed by atoms with E-state index in [1.54, 1.807) is 32.0 Å². The van der Waals surface area contributed by atoms with Crippen molar-refractivity contribution in [1.82, 2.24) is 0 Å². The van der Waals surface area contributed by atoms with Gasteiger partial charge < -0.3 is 9.29 Å². The molecule has 2 rings (SSSR count). The molecule has 0 spiro atoms. The van der Waals surface area contributed by atoms with Gasteiger partial charge >= 0.3 is 10.5 Å². The van der Waals surface area contributed by atoms with Gasteiger partial charge in [-0.3, -0.25) is 0 Å². The molecule has 0 aliphatic heterocycles. The predicted octanol–water partition coefficient (Wildman–Crippen LogP) is 4.02. The van der Waals surface area contributed by atoms with Gasteiger partial charge in [-0.25, -0.2) is 0 Å². The Hall–Kier alpha value is -2.48. The van der Waals surface area contributed by atoms with Gasteiger partial charge in [0.15, 0.2) is 0 Å². The summed E-state index contributed by atoms with van der Waals surface area (Å²) in [5.41, 5.74) is 2.14. The summed E-state index contributed by atoms with van der Waals surface area (Å²) in [6.45, 7) is 3.48. The van der Waals surface area contributed by atoms with Gasteiger partial charge in [0.05, 0.1) is 11.4 Å². The third-order valence-corrected chi connectivity index (χ3v) is 3.16. The first-order valence-electron chi connectivity index (χ1n) is 6.21. The zero-order chi connectivity index (χ0) is 16.3. The second-order valence-corrected chi connectivity index (χ2v) is 5.55. The summed E-state index contributed by atoms with van der Waals surface area (Å²) in [6, 6.07) is 8.84. The number of benzene rings is 2. The zero-order valence-corrected chi connectivity index (χ0v) is 12.6. The van der Waals surface area contributed by atoms with Crippen LogP contribution in [0.4, 0.5) is 15.3 Å². The average molecular weight is 324 g/mol. The molecule has 116 valence electrons. The number of phenols is 1. The molecule has 0 amide bonds. The summed E-state index contributed by atoms with van der Waals surface area (Å²) in [4.78, 5) is 0. The SMILES string of the molecule is Cc1cc(/N=N/c2cccc(OS(=O)(=O)F)c2)cc(C)c1O. The van der Waals surface area contributed by atoms with E-state index in [0.29, 0.717) is 22.5 Å². The van der Waals surface area contributed by atoms with Gasteiger partial charge in [0.2, 0.25) is 0 Å². The van der Waals surface area contributed by atoms with E-state index in [1.165, 1.54) is 18.2 Å². The van der Waals surface area contributed by atoms with Gasteiger partial charge in [-0.15, -0.1) is 0 Å². The Morgan fingerprint density at radius 3 is 2.23 bits per heavy atom. The molecular weight excluding hydrogens is 311 g/mol. The van der Waals surface area contributed by atoms with Crippen LogP contribution in [-0.4, -0.2) is 13.5 Å². The van der Waals surface area contributed by atoms with Crippen LogP contribution in [0.2, 0.25) is 0 Å². The van der Waals surface area contributed by atoms with Crippen molar-refractivity contribution in [3.63, 3.8) is 0 Å². The molecule has 0 saturated heterocycles. The Morgan fingerprint density at radius 1 is 1.05 bits per heavy atom. The molecule has 6 nitrogen and oxygen atoms in total. The van der Waals surface area contributed by atoms with Gasteiger partial charge in [0.1, 0.15) is 11.5 Å². The molecule has 0 saturated carbocycles. The van der Waals surface area contributed by atoms with E-state index < -0.39 is 10.5 Å². The fraction of sp³-hybridized carbons (Fsp3) is 0.143. The minimum atomic E-state index is -5.08. The second-order valence-electron chi connectivity index (χ2n) is 4.60. The normalized spacial score (nSPS) is 11.8. The maximum Gasteiger partial charge on any atom is 0.488 e. The lowest BCUT2D eigenvalue weighted by molar-refractivity contribution is 0.440. The van der Waals surface area contributed by atoms with Crippen LogP contribution in [0.15, 0.2) is 46.6 Å². The van der Waals surface area contributed by atoms with E-state index in [0.717, 1.165) is 0 Å². The standard InChI is InChI=1S/C14H13FN2O4S/c1-9-6-12(7-10(2)14(9)18)17-16-11-4-3-5-13(8-11)21-22(15,19)20/h3-8,18H,1-2H3/b17-16+. The molecule has 0 aromatic heterocycles. The molecular formula is C14H13FN2O4S. The predicted molar refractivity (Wildman–Crippen MR) is 78.9 cm³/mol. The maximum absolute atomic E-state index is 12.5. The molecule has 1 N–H and O–H groups in total.